The lowest BCUT2D eigenvalue weighted by atomic mass is 10.3. The fraction of sp³-hybridized carbons (Fsp3) is 1.00. The zero-order chi connectivity index (χ0) is 11.9. The van der Waals surface area contributed by atoms with Gasteiger partial charge in [0.2, 0.25) is 0 Å². The molecule has 0 aromatic heterocycles. The number of nitrogens with zero attached hydrogens (tertiary/aromatic N) is 1. The molecule has 0 aliphatic carbocycles. The molecule has 0 bridgehead atoms. The van der Waals surface area contributed by atoms with E-state index in [4.69, 9.17) is 0 Å². The zero-order valence-corrected chi connectivity index (χ0v) is 9.69. The Hall–Kier alpha value is -0.290. The highest BCUT2D eigenvalue weighted by Gasteiger charge is 2.26. The largest absolute Gasteiger partial charge is 0.390 e. The van der Waals surface area contributed by atoms with E-state index in [0.717, 1.165) is 19.6 Å². The van der Waals surface area contributed by atoms with Gasteiger partial charge in [0.15, 0.2) is 0 Å². The molecule has 0 aliphatic heterocycles. The van der Waals surface area contributed by atoms with Crippen molar-refractivity contribution in [2.24, 2.45) is 0 Å². The first-order valence-electron chi connectivity index (χ1n) is 5.41. The molecule has 0 radical (unpaired) electrons. The summed E-state index contributed by atoms with van der Waals surface area (Å²) in [4.78, 5) is 2.19. The summed E-state index contributed by atoms with van der Waals surface area (Å²) in [5, 5.41) is 2.88. The van der Waals surface area contributed by atoms with Crippen LogP contribution in [0.15, 0.2) is 0 Å². The van der Waals surface area contributed by atoms with Crippen molar-refractivity contribution in [3.05, 3.63) is 0 Å². The van der Waals surface area contributed by atoms with Crippen LogP contribution in [0.1, 0.15) is 27.2 Å². The Morgan fingerprint density at radius 1 is 1.20 bits per heavy atom. The fourth-order valence-electron chi connectivity index (χ4n) is 1.39. The van der Waals surface area contributed by atoms with E-state index in [1.807, 2.05) is 20.8 Å². The minimum Gasteiger partial charge on any atom is -0.313 e. The van der Waals surface area contributed by atoms with E-state index in [2.05, 4.69) is 10.2 Å². The summed E-state index contributed by atoms with van der Waals surface area (Å²) in [5.41, 5.74) is 0. The van der Waals surface area contributed by atoms with E-state index in [1.54, 1.807) is 0 Å². The molecule has 2 nitrogen and oxygen atoms in total. The smallest absolute Gasteiger partial charge is 0.313 e. The second kappa shape index (κ2) is 7.06. The number of nitrogens with one attached hydrogen (secondary N) is 1. The van der Waals surface area contributed by atoms with Crippen molar-refractivity contribution >= 4 is 0 Å². The first-order valence-corrected chi connectivity index (χ1v) is 5.41. The minimum atomic E-state index is -4.05. The van der Waals surface area contributed by atoms with Gasteiger partial charge in [-0.25, -0.2) is 0 Å². The van der Waals surface area contributed by atoms with E-state index in [0.29, 0.717) is 0 Å². The average molecular weight is 226 g/mol. The van der Waals surface area contributed by atoms with Crippen LogP contribution in [0.4, 0.5) is 13.2 Å². The zero-order valence-electron chi connectivity index (χ0n) is 9.69. The van der Waals surface area contributed by atoms with Gasteiger partial charge in [-0.1, -0.05) is 13.8 Å². The van der Waals surface area contributed by atoms with Crippen molar-refractivity contribution in [2.75, 3.05) is 26.2 Å². The molecule has 0 spiro atoms. The Morgan fingerprint density at radius 3 is 2.13 bits per heavy atom. The van der Waals surface area contributed by atoms with Gasteiger partial charge < -0.3 is 10.2 Å². The molecule has 0 saturated heterocycles. The molecule has 92 valence electrons. The summed E-state index contributed by atoms with van der Waals surface area (Å²) in [6.45, 7) is 8.67. The number of hydrogen-bond donors (Lipinski definition) is 1. The number of halogens is 3. The Balaban J connectivity index is 3.61. The van der Waals surface area contributed by atoms with Crippen molar-refractivity contribution in [1.82, 2.24) is 10.2 Å². The molecule has 0 saturated carbocycles. The number of rotatable bonds is 7. The molecular formula is C10H21F3N2. The van der Waals surface area contributed by atoms with Crippen molar-refractivity contribution in [3.8, 4) is 0 Å². The van der Waals surface area contributed by atoms with Crippen LogP contribution in [0.3, 0.4) is 0 Å². The summed E-state index contributed by atoms with van der Waals surface area (Å²) in [6.07, 6.45) is -4.81. The van der Waals surface area contributed by atoms with Gasteiger partial charge in [0.25, 0.3) is 0 Å². The monoisotopic (exact) mass is 226 g/mol. The van der Waals surface area contributed by atoms with Crippen molar-refractivity contribution in [2.45, 2.75) is 39.4 Å². The second-order valence-corrected chi connectivity index (χ2v) is 3.71. The highest BCUT2D eigenvalue weighted by atomic mass is 19.4. The summed E-state index contributed by atoms with van der Waals surface area (Å²) in [7, 11) is 0. The highest BCUT2D eigenvalue weighted by Crippen LogP contribution is 2.18. The van der Waals surface area contributed by atoms with Gasteiger partial charge in [0.1, 0.15) is 0 Å². The maximum Gasteiger partial charge on any atom is 0.390 e. The van der Waals surface area contributed by atoms with Gasteiger partial charge in [-0.2, -0.15) is 13.2 Å². The molecule has 1 N–H and O–H groups in total. The Labute approximate surface area is 89.8 Å². The van der Waals surface area contributed by atoms with Crippen LogP contribution in [-0.2, 0) is 0 Å². The van der Waals surface area contributed by atoms with Crippen LogP contribution in [0.5, 0.6) is 0 Å². The SMILES string of the molecule is CCN(CC)CC(C)NCCC(F)(F)F. The van der Waals surface area contributed by atoms with E-state index in [-0.39, 0.29) is 12.6 Å². The van der Waals surface area contributed by atoms with E-state index >= 15 is 0 Å². The van der Waals surface area contributed by atoms with Gasteiger partial charge in [0.05, 0.1) is 6.42 Å². The summed E-state index contributed by atoms with van der Waals surface area (Å²) in [5.74, 6) is 0. The lowest BCUT2D eigenvalue weighted by molar-refractivity contribution is -0.133. The second-order valence-electron chi connectivity index (χ2n) is 3.71. The molecule has 0 heterocycles. The van der Waals surface area contributed by atoms with Gasteiger partial charge in [0, 0.05) is 19.1 Å². The predicted octanol–water partition coefficient (Wildman–Crippen LogP) is 2.26. The highest BCUT2D eigenvalue weighted by molar-refractivity contribution is 4.67. The molecule has 5 heteroatoms. The Bertz CT molecular complexity index is 155. The minimum absolute atomic E-state index is 0.00589. The lowest BCUT2D eigenvalue weighted by Gasteiger charge is -2.23. The van der Waals surface area contributed by atoms with Crippen LogP contribution in [-0.4, -0.2) is 43.3 Å². The maximum absolute atomic E-state index is 11.9. The predicted molar refractivity (Wildman–Crippen MR) is 55.9 cm³/mol. The number of likely N-dealkylation sites (N-methyl/N-ethyl adjacent to an activating group) is 1. The molecule has 0 rings (SSSR count). The van der Waals surface area contributed by atoms with Gasteiger partial charge in [-0.05, 0) is 20.0 Å². The van der Waals surface area contributed by atoms with Gasteiger partial charge >= 0.3 is 6.18 Å². The van der Waals surface area contributed by atoms with Crippen LogP contribution in [0, 0.1) is 0 Å². The third kappa shape index (κ3) is 8.69. The van der Waals surface area contributed by atoms with E-state index in [9.17, 15) is 13.2 Å². The van der Waals surface area contributed by atoms with Crippen molar-refractivity contribution in [1.29, 1.82) is 0 Å². The molecule has 0 fully saturated rings. The number of hydrogen-bond acceptors (Lipinski definition) is 2. The standard InChI is InChI=1S/C10H21F3N2/c1-4-15(5-2)8-9(3)14-7-6-10(11,12)13/h9,14H,4-8H2,1-3H3. The lowest BCUT2D eigenvalue weighted by Crippen LogP contribution is -2.40. The molecule has 1 unspecified atom stereocenters. The first-order chi connectivity index (χ1) is 6.89. The third-order valence-corrected chi connectivity index (χ3v) is 2.33. The normalized spacial score (nSPS) is 14.6. The molecule has 15 heavy (non-hydrogen) atoms. The molecule has 0 aromatic rings. The topological polar surface area (TPSA) is 15.3 Å². The van der Waals surface area contributed by atoms with Gasteiger partial charge in [-0.3, -0.25) is 0 Å². The van der Waals surface area contributed by atoms with Crippen LogP contribution >= 0.6 is 0 Å². The molecule has 0 aromatic carbocycles. The average Bonchev–Trinajstić information content (AvgIpc) is 2.12. The summed E-state index contributed by atoms with van der Waals surface area (Å²) >= 11 is 0. The van der Waals surface area contributed by atoms with Crippen LogP contribution < -0.4 is 5.32 Å². The van der Waals surface area contributed by atoms with Crippen LogP contribution in [0.2, 0.25) is 0 Å². The van der Waals surface area contributed by atoms with Gasteiger partial charge in [-0.15, -0.1) is 0 Å². The quantitative estimate of drug-likeness (QED) is 0.716. The summed E-state index contributed by atoms with van der Waals surface area (Å²) in [6, 6.07) is 0.104. The van der Waals surface area contributed by atoms with Crippen molar-refractivity contribution < 1.29 is 13.2 Å². The maximum atomic E-state index is 11.9. The number of alkyl halides is 3. The third-order valence-electron chi connectivity index (χ3n) is 2.33. The molecule has 1 atom stereocenters. The van der Waals surface area contributed by atoms with E-state index < -0.39 is 12.6 Å². The van der Waals surface area contributed by atoms with E-state index in [1.165, 1.54) is 0 Å². The Kier molecular flexibility index (Phi) is 6.92. The Morgan fingerprint density at radius 2 is 1.73 bits per heavy atom. The molecule has 0 aliphatic rings. The fourth-order valence-corrected chi connectivity index (χ4v) is 1.39. The first kappa shape index (κ1) is 14.7. The molecular weight excluding hydrogens is 205 g/mol. The molecule has 0 amide bonds. The van der Waals surface area contributed by atoms with Crippen LogP contribution in [0.25, 0.3) is 0 Å². The summed E-state index contributed by atoms with van der Waals surface area (Å²) < 4.78 is 35.6. The van der Waals surface area contributed by atoms with Crippen molar-refractivity contribution in [3.63, 3.8) is 0 Å².